The first-order valence-corrected chi connectivity index (χ1v) is 10.8. The summed E-state index contributed by atoms with van der Waals surface area (Å²) in [6.07, 6.45) is 1.23. The number of hydrogen-bond acceptors (Lipinski definition) is 5. The maximum Gasteiger partial charge on any atom is 0.231 e. The van der Waals surface area contributed by atoms with E-state index < -0.39 is 0 Å². The number of aryl methyl sites for hydroxylation is 3. The number of hydrogen-bond donors (Lipinski definition) is 1. The van der Waals surface area contributed by atoms with Crippen LogP contribution in [0.5, 0.6) is 0 Å². The summed E-state index contributed by atoms with van der Waals surface area (Å²) in [6.45, 7) is 8.06. The Morgan fingerprint density at radius 1 is 1.17 bits per heavy atom. The first kappa shape index (κ1) is 20.1. The van der Waals surface area contributed by atoms with E-state index in [1.54, 1.807) is 0 Å². The van der Waals surface area contributed by atoms with Crippen LogP contribution >= 0.6 is 11.3 Å². The standard InChI is InChI=1S/C23H24N4O2S/c1-5-17-6-8-18(9-7-17)24-22(28)12-23-25-20(13-30-23)19-10-14(2)27(16(19)4)21-11-15(3)29-26-21/h6-11,13H,5,12H2,1-4H3,(H,24,28). The third-order valence-electron chi connectivity index (χ3n) is 5.06. The second-order valence-electron chi connectivity index (χ2n) is 7.32. The summed E-state index contributed by atoms with van der Waals surface area (Å²) in [5.41, 5.74) is 6.05. The summed E-state index contributed by atoms with van der Waals surface area (Å²) < 4.78 is 7.28. The fourth-order valence-corrected chi connectivity index (χ4v) is 4.31. The summed E-state index contributed by atoms with van der Waals surface area (Å²) in [5.74, 6) is 1.46. The average Bonchev–Trinajstić information content (AvgIpc) is 3.42. The van der Waals surface area contributed by atoms with Gasteiger partial charge in [-0.15, -0.1) is 11.3 Å². The van der Waals surface area contributed by atoms with Gasteiger partial charge in [-0.25, -0.2) is 4.98 Å². The topological polar surface area (TPSA) is 73.0 Å². The van der Waals surface area contributed by atoms with Gasteiger partial charge in [0.1, 0.15) is 10.8 Å². The van der Waals surface area contributed by atoms with Crippen LogP contribution in [0.15, 0.2) is 46.3 Å². The smallest absolute Gasteiger partial charge is 0.231 e. The van der Waals surface area contributed by atoms with E-state index in [0.29, 0.717) is 0 Å². The lowest BCUT2D eigenvalue weighted by Gasteiger charge is -2.05. The van der Waals surface area contributed by atoms with E-state index in [2.05, 4.69) is 28.0 Å². The summed E-state index contributed by atoms with van der Waals surface area (Å²) in [7, 11) is 0. The van der Waals surface area contributed by atoms with Crippen molar-refractivity contribution in [2.24, 2.45) is 0 Å². The third-order valence-corrected chi connectivity index (χ3v) is 5.91. The first-order chi connectivity index (χ1) is 14.4. The van der Waals surface area contributed by atoms with Crippen molar-refractivity contribution in [1.82, 2.24) is 14.7 Å². The Labute approximate surface area is 179 Å². The van der Waals surface area contributed by atoms with Gasteiger partial charge in [-0.1, -0.05) is 24.2 Å². The summed E-state index contributed by atoms with van der Waals surface area (Å²) in [6, 6.07) is 11.9. The molecule has 0 atom stereocenters. The first-order valence-electron chi connectivity index (χ1n) is 9.90. The molecule has 1 amide bonds. The fraction of sp³-hybridized carbons (Fsp3) is 0.261. The Morgan fingerprint density at radius 2 is 1.93 bits per heavy atom. The SMILES string of the molecule is CCc1ccc(NC(=O)Cc2nc(-c3cc(C)n(-c4cc(C)on4)c3C)cs2)cc1. The predicted octanol–water partition coefficient (Wildman–Crippen LogP) is 5.26. The number of carbonyl (C=O) groups excluding carboxylic acids is 1. The quantitative estimate of drug-likeness (QED) is 0.462. The zero-order chi connectivity index (χ0) is 21.3. The van der Waals surface area contributed by atoms with Crippen molar-refractivity contribution in [1.29, 1.82) is 0 Å². The molecule has 30 heavy (non-hydrogen) atoms. The van der Waals surface area contributed by atoms with E-state index in [1.807, 2.05) is 56.5 Å². The van der Waals surface area contributed by atoms with E-state index in [4.69, 9.17) is 9.51 Å². The largest absolute Gasteiger partial charge is 0.360 e. The van der Waals surface area contributed by atoms with Crippen LogP contribution in [0.4, 0.5) is 5.69 Å². The maximum absolute atomic E-state index is 12.4. The molecule has 0 bridgehead atoms. The minimum absolute atomic E-state index is 0.0660. The maximum atomic E-state index is 12.4. The highest BCUT2D eigenvalue weighted by Crippen LogP contribution is 2.30. The molecule has 0 saturated heterocycles. The molecule has 4 rings (SSSR count). The molecule has 0 saturated carbocycles. The van der Waals surface area contributed by atoms with Crippen LogP contribution in [0.25, 0.3) is 17.1 Å². The van der Waals surface area contributed by atoms with Crippen molar-refractivity contribution in [3.63, 3.8) is 0 Å². The molecule has 3 heterocycles. The number of anilines is 1. The van der Waals surface area contributed by atoms with Gasteiger partial charge in [-0.2, -0.15) is 0 Å². The molecule has 154 valence electrons. The fourth-order valence-electron chi connectivity index (χ4n) is 3.52. The van der Waals surface area contributed by atoms with E-state index in [9.17, 15) is 4.79 Å². The van der Waals surface area contributed by atoms with Gasteiger partial charge in [-0.3, -0.25) is 9.36 Å². The minimum Gasteiger partial charge on any atom is -0.360 e. The average molecular weight is 421 g/mol. The van der Waals surface area contributed by atoms with Gasteiger partial charge in [0, 0.05) is 34.1 Å². The summed E-state index contributed by atoms with van der Waals surface area (Å²) in [5, 5.41) is 9.86. The van der Waals surface area contributed by atoms with Crippen LogP contribution in [-0.4, -0.2) is 20.6 Å². The van der Waals surface area contributed by atoms with Gasteiger partial charge in [0.15, 0.2) is 5.82 Å². The van der Waals surface area contributed by atoms with Crippen LogP contribution in [-0.2, 0) is 17.6 Å². The lowest BCUT2D eigenvalue weighted by Crippen LogP contribution is -2.14. The van der Waals surface area contributed by atoms with E-state index in [0.717, 1.165) is 51.3 Å². The normalized spacial score (nSPS) is 11.1. The molecule has 0 aliphatic heterocycles. The van der Waals surface area contributed by atoms with Crippen molar-refractivity contribution in [2.75, 3.05) is 5.32 Å². The molecule has 3 aromatic heterocycles. The Morgan fingerprint density at radius 3 is 2.60 bits per heavy atom. The second-order valence-corrected chi connectivity index (χ2v) is 8.26. The van der Waals surface area contributed by atoms with Crippen molar-refractivity contribution >= 4 is 22.9 Å². The van der Waals surface area contributed by atoms with Gasteiger partial charge in [0.2, 0.25) is 5.91 Å². The second kappa shape index (κ2) is 8.28. The number of benzene rings is 1. The van der Waals surface area contributed by atoms with Gasteiger partial charge < -0.3 is 9.84 Å². The predicted molar refractivity (Wildman–Crippen MR) is 119 cm³/mol. The molecular weight excluding hydrogens is 396 g/mol. The van der Waals surface area contributed by atoms with Crippen LogP contribution in [0.1, 0.15) is 34.6 Å². The molecule has 4 aromatic rings. The molecule has 0 spiro atoms. The molecule has 0 radical (unpaired) electrons. The zero-order valence-electron chi connectivity index (χ0n) is 17.5. The van der Waals surface area contributed by atoms with Gasteiger partial charge in [0.05, 0.1) is 12.1 Å². The molecule has 1 aromatic carbocycles. The number of nitrogens with one attached hydrogen (secondary N) is 1. The Balaban J connectivity index is 1.49. The van der Waals surface area contributed by atoms with Gasteiger partial charge in [-0.05, 0) is 51.0 Å². The van der Waals surface area contributed by atoms with Gasteiger partial charge >= 0.3 is 0 Å². The molecule has 0 aliphatic carbocycles. The number of rotatable bonds is 6. The molecule has 6 nitrogen and oxygen atoms in total. The number of aromatic nitrogens is 3. The number of thiazole rings is 1. The monoisotopic (exact) mass is 420 g/mol. The molecule has 0 fully saturated rings. The lowest BCUT2D eigenvalue weighted by molar-refractivity contribution is -0.115. The van der Waals surface area contributed by atoms with Crippen molar-refractivity contribution in [3.8, 4) is 17.1 Å². The van der Waals surface area contributed by atoms with Crippen LogP contribution in [0, 0.1) is 20.8 Å². The Kier molecular flexibility index (Phi) is 5.55. The Bertz CT molecular complexity index is 1180. The van der Waals surface area contributed by atoms with Crippen LogP contribution in [0.2, 0.25) is 0 Å². The van der Waals surface area contributed by atoms with Crippen LogP contribution in [0.3, 0.4) is 0 Å². The van der Waals surface area contributed by atoms with Gasteiger partial charge in [0.25, 0.3) is 0 Å². The lowest BCUT2D eigenvalue weighted by atomic mass is 10.1. The van der Waals surface area contributed by atoms with Crippen LogP contribution < -0.4 is 5.32 Å². The van der Waals surface area contributed by atoms with Crippen molar-refractivity contribution in [2.45, 2.75) is 40.5 Å². The minimum atomic E-state index is -0.0660. The van der Waals surface area contributed by atoms with E-state index in [1.165, 1.54) is 16.9 Å². The summed E-state index contributed by atoms with van der Waals surface area (Å²) >= 11 is 1.50. The molecule has 0 aliphatic rings. The molecule has 7 heteroatoms. The molecule has 0 unspecified atom stereocenters. The highest BCUT2D eigenvalue weighted by atomic mass is 32.1. The van der Waals surface area contributed by atoms with Crippen molar-refractivity contribution in [3.05, 3.63) is 69.5 Å². The highest BCUT2D eigenvalue weighted by Gasteiger charge is 2.17. The highest BCUT2D eigenvalue weighted by molar-refractivity contribution is 7.10. The Hall–Kier alpha value is -3.19. The zero-order valence-corrected chi connectivity index (χ0v) is 18.3. The molecular formula is C23H24N4O2S. The van der Waals surface area contributed by atoms with E-state index in [-0.39, 0.29) is 12.3 Å². The number of amides is 1. The van der Waals surface area contributed by atoms with E-state index >= 15 is 0 Å². The third kappa shape index (κ3) is 4.07. The number of nitrogens with zero attached hydrogens (tertiary/aromatic N) is 3. The molecule has 1 N–H and O–H groups in total. The number of carbonyl (C=O) groups is 1. The summed E-state index contributed by atoms with van der Waals surface area (Å²) in [4.78, 5) is 17.1. The van der Waals surface area contributed by atoms with Crippen molar-refractivity contribution < 1.29 is 9.32 Å².